The monoisotopic (exact) mass is 570 g/mol. The van der Waals surface area contributed by atoms with E-state index in [0.717, 1.165) is 0 Å². The van der Waals surface area contributed by atoms with Crippen LogP contribution in [-0.4, -0.2) is 19.6 Å². The van der Waals surface area contributed by atoms with Gasteiger partial charge in [-0.2, -0.15) is 0 Å². The first kappa shape index (κ1) is 25.8. The Morgan fingerprint density at radius 2 is 1.23 bits per heavy atom. The summed E-state index contributed by atoms with van der Waals surface area (Å²) >= 11 is 12.6. The highest BCUT2D eigenvalue weighted by molar-refractivity contribution is 6.36. The fourth-order valence-electron chi connectivity index (χ4n) is 5.09. The number of nitrogens with one attached hydrogen (secondary N) is 2. The zero-order chi connectivity index (χ0) is 28.0. The van der Waals surface area contributed by atoms with E-state index in [9.17, 15) is 9.59 Å². The van der Waals surface area contributed by atoms with E-state index in [4.69, 9.17) is 27.6 Å². The van der Waals surface area contributed by atoms with Crippen LogP contribution in [0.3, 0.4) is 0 Å². The topological polar surface area (TPSA) is 88.7 Å². The number of H-pyrrole nitrogens is 2. The van der Waals surface area contributed by atoms with Crippen LogP contribution < -0.4 is 11.1 Å². The summed E-state index contributed by atoms with van der Waals surface area (Å²) in [5, 5.41) is 7.31. The van der Waals surface area contributed by atoms with Crippen LogP contribution in [0.1, 0.15) is 34.2 Å². The molecule has 0 unspecified atom stereocenters. The number of hydrogen-bond acceptors (Lipinski definition) is 3. The lowest BCUT2D eigenvalue weighted by atomic mass is 9.89. The lowest BCUT2D eigenvalue weighted by molar-refractivity contribution is 0.513. The van der Waals surface area contributed by atoms with Gasteiger partial charge in [0.2, 0.25) is 0 Å². The number of benzene rings is 3. The molecule has 7 nitrogen and oxygen atoms in total. The summed E-state index contributed by atoms with van der Waals surface area (Å²) in [5.41, 5.74) is 3.51. The molecule has 0 aliphatic rings. The van der Waals surface area contributed by atoms with Crippen LogP contribution in [0.4, 0.5) is 0 Å². The first-order chi connectivity index (χ1) is 19.3. The zero-order valence-corrected chi connectivity index (χ0v) is 23.1. The van der Waals surface area contributed by atoms with Gasteiger partial charge in [0, 0.05) is 22.0 Å². The lowest BCUT2D eigenvalue weighted by Crippen LogP contribution is -2.25. The van der Waals surface area contributed by atoms with Crippen LogP contribution in [0.25, 0.3) is 22.7 Å². The Labute approximate surface area is 239 Å². The summed E-state index contributed by atoms with van der Waals surface area (Å²) in [4.78, 5) is 28.0. The van der Waals surface area contributed by atoms with Crippen molar-refractivity contribution in [2.24, 2.45) is 0 Å². The summed E-state index contributed by atoms with van der Waals surface area (Å²) in [6.45, 7) is 3.64. The highest BCUT2D eigenvalue weighted by Gasteiger charge is 2.33. The molecule has 3 aromatic heterocycles. The van der Waals surface area contributed by atoms with Crippen molar-refractivity contribution >= 4 is 23.2 Å². The molecule has 40 heavy (non-hydrogen) atoms. The second kappa shape index (κ2) is 10.3. The van der Waals surface area contributed by atoms with Crippen LogP contribution in [0, 0.1) is 13.8 Å². The third-order valence-electron chi connectivity index (χ3n) is 6.95. The minimum Gasteiger partial charge on any atom is -0.460 e. The first-order valence-electron chi connectivity index (χ1n) is 12.6. The molecule has 0 aliphatic heterocycles. The third-order valence-corrected chi connectivity index (χ3v) is 7.50. The second-order valence-electron chi connectivity index (χ2n) is 9.51. The molecule has 3 heterocycles. The van der Waals surface area contributed by atoms with Crippen LogP contribution in [0.2, 0.25) is 10.0 Å². The molecule has 0 amide bonds. The molecule has 0 saturated carbocycles. The predicted molar refractivity (Wildman–Crippen MR) is 157 cm³/mol. The number of aryl methyl sites for hydroxylation is 2. The molecule has 6 aromatic rings. The minimum atomic E-state index is -0.803. The molecule has 0 bridgehead atoms. The number of para-hydroxylation sites is 2. The number of hydrogen-bond donors (Lipinski definition) is 2. The summed E-state index contributed by atoms with van der Waals surface area (Å²) in [6, 6.07) is 27.3. The van der Waals surface area contributed by atoms with Gasteiger partial charge in [-0.15, -0.1) is 0 Å². The summed E-state index contributed by atoms with van der Waals surface area (Å²) in [5.74, 6) is 0.122. The predicted octanol–water partition coefficient (Wildman–Crippen LogP) is 7.01. The molecule has 0 fully saturated rings. The smallest absolute Gasteiger partial charge is 0.275 e. The average molecular weight is 571 g/mol. The maximum atomic E-state index is 14.0. The Morgan fingerprint density at radius 1 is 0.700 bits per heavy atom. The Balaban J connectivity index is 1.58. The van der Waals surface area contributed by atoms with Crippen molar-refractivity contribution in [3.63, 3.8) is 0 Å². The van der Waals surface area contributed by atoms with E-state index in [1.54, 1.807) is 30.3 Å². The number of rotatable bonds is 6. The van der Waals surface area contributed by atoms with Crippen molar-refractivity contribution in [1.82, 2.24) is 19.6 Å². The number of halogens is 2. The number of furan rings is 1. The number of aromatic amines is 2. The Bertz CT molecular complexity index is 1850. The molecule has 2 N–H and O–H groups in total. The molecule has 0 radical (unpaired) electrons. The van der Waals surface area contributed by atoms with E-state index < -0.39 is 5.92 Å². The van der Waals surface area contributed by atoms with Gasteiger partial charge in [-0.1, -0.05) is 59.6 Å². The van der Waals surface area contributed by atoms with Gasteiger partial charge >= 0.3 is 0 Å². The summed E-state index contributed by atoms with van der Waals surface area (Å²) in [7, 11) is 0. The molecule has 0 saturated heterocycles. The van der Waals surface area contributed by atoms with Crippen LogP contribution in [0.5, 0.6) is 0 Å². The first-order valence-corrected chi connectivity index (χ1v) is 13.4. The van der Waals surface area contributed by atoms with E-state index in [1.807, 2.05) is 74.5 Å². The van der Waals surface area contributed by atoms with Gasteiger partial charge in [0.25, 0.3) is 11.1 Å². The Kier molecular flexibility index (Phi) is 6.62. The quantitative estimate of drug-likeness (QED) is 0.226. The SMILES string of the molecule is Cc1[nH]n(-c2ccccc2)c(=O)c1C(c1ccc(-c2ccc(Cl)cc2Cl)o1)c1c(C)[nH]n(-c2ccccc2)c1=O. The summed E-state index contributed by atoms with van der Waals surface area (Å²) in [6.07, 6.45) is 0. The van der Waals surface area contributed by atoms with Gasteiger partial charge in [-0.05, 0) is 68.4 Å². The van der Waals surface area contributed by atoms with Gasteiger partial charge in [-0.3, -0.25) is 19.8 Å². The second-order valence-corrected chi connectivity index (χ2v) is 10.4. The summed E-state index contributed by atoms with van der Waals surface area (Å²) < 4.78 is 9.32. The van der Waals surface area contributed by atoms with Crippen molar-refractivity contribution < 1.29 is 4.42 Å². The molecule has 0 aliphatic carbocycles. The maximum Gasteiger partial charge on any atom is 0.275 e. The Hall–Kier alpha value is -4.46. The van der Waals surface area contributed by atoms with E-state index >= 15 is 0 Å². The highest BCUT2D eigenvalue weighted by Crippen LogP contribution is 2.37. The number of nitrogens with zero attached hydrogens (tertiary/aromatic N) is 2. The molecule has 0 spiro atoms. The highest BCUT2D eigenvalue weighted by atomic mass is 35.5. The molecule has 200 valence electrons. The van der Waals surface area contributed by atoms with Gasteiger partial charge < -0.3 is 4.42 Å². The van der Waals surface area contributed by atoms with E-state index in [1.165, 1.54) is 9.36 Å². The van der Waals surface area contributed by atoms with E-state index in [-0.39, 0.29) is 11.1 Å². The van der Waals surface area contributed by atoms with Crippen molar-refractivity contribution in [2.45, 2.75) is 19.8 Å². The van der Waals surface area contributed by atoms with Crippen LogP contribution in [0.15, 0.2) is 105 Å². The van der Waals surface area contributed by atoms with Crippen molar-refractivity contribution in [3.8, 4) is 22.7 Å². The van der Waals surface area contributed by atoms with Gasteiger partial charge in [0.1, 0.15) is 11.5 Å². The maximum absolute atomic E-state index is 14.0. The molecular formula is C31H24Cl2N4O3. The van der Waals surface area contributed by atoms with Crippen LogP contribution in [-0.2, 0) is 0 Å². The zero-order valence-electron chi connectivity index (χ0n) is 21.6. The Morgan fingerprint density at radius 3 is 1.73 bits per heavy atom. The average Bonchev–Trinajstić information content (AvgIpc) is 3.63. The van der Waals surface area contributed by atoms with E-state index in [2.05, 4.69) is 10.2 Å². The van der Waals surface area contributed by atoms with Crippen LogP contribution >= 0.6 is 23.2 Å². The van der Waals surface area contributed by atoms with Crippen molar-refractivity contribution in [3.05, 3.63) is 150 Å². The molecule has 3 aromatic carbocycles. The fraction of sp³-hybridized carbons (Fsp3) is 0.0968. The standard InChI is InChI=1S/C31H24Cl2N4O3/c1-18-27(30(38)36(34-18)21-9-5-3-6-10-21)29(26-16-15-25(40-26)23-14-13-20(32)17-24(23)33)28-19(2)35-37(31(28)39)22-11-7-4-8-12-22/h3-17,29,34-35H,1-2H3. The minimum absolute atomic E-state index is 0.276. The molecule has 9 heteroatoms. The largest absolute Gasteiger partial charge is 0.460 e. The molecular weight excluding hydrogens is 547 g/mol. The fourth-order valence-corrected chi connectivity index (χ4v) is 5.59. The van der Waals surface area contributed by atoms with Gasteiger partial charge in [0.05, 0.1) is 33.4 Å². The molecule has 0 atom stereocenters. The third kappa shape index (κ3) is 4.43. The number of aromatic nitrogens is 4. The normalized spacial score (nSPS) is 11.4. The van der Waals surface area contributed by atoms with Gasteiger partial charge in [0.15, 0.2) is 0 Å². The molecule has 6 rings (SSSR count). The van der Waals surface area contributed by atoms with Gasteiger partial charge in [-0.25, -0.2) is 9.36 Å². The van der Waals surface area contributed by atoms with E-state index in [0.29, 0.717) is 61.0 Å². The lowest BCUT2D eigenvalue weighted by Gasteiger charge is -2.13. The van der Waals surface area contributed by atoms with Crippen molar-refractivity contribution in [1.29, 1.82) is 0 Å². The van der Waals surface area contributed by atoms with Crippen molar-refractivity contribution in [2.75, 3.05) is 0 Å².